The van der Waals surface area contributed by atoms with Crippen LogP contribution < -0.4 is 63.7 Å². The summed E-state index contributed by atoms with van der Waals surface area (Å²) in [6.07, 6.45) is 0. The fraction of sp³-hybridized carbons (Fsp3) is 0.0789. The molecule has 28 heteroatoms. The Bertz CT molecular complexity index is 3360. The molecular formula is C76H68B2Cl4F8Fe2N2P4Pd2S4. The predicted molar refractivity (Wildman–Crippen MR) is 440 cm³/mol. The van der Waals surface area contributed by atoms with E-state index in [1.165, 1.54) is 63.7 Å². The average Bonchev–Trinajstić information content (AvgIpc) is 1.45. The van der Waals surface area contributed by atoms with E-state index >= 15 is 0 Å². The van der Waals surface area contributed by atoms with Gasteiger partial charge in [-0.1, -0.05) is 267 Å². The monoisotopic (exact) mass is 1900 g/mol. The molecule has 0 atom stereocenters. The van der Waals surface area contributed by atoms with Crippen LogP contribution in [0, 0.1) is 0 Å². The van der Waals surface area contributed by atoms with E-state index in [1.807, 2.05) is 9.80 Å². The Kier molecular flexibility index (Phi) is 53.3. The second kappa shape index (κ2) is 56.4. The van der Waals surface area contributed by atoms with E-state index in [0.29, 0.717) is 8.64 Å². The summed E-state index contributed by atoms with van der Waals surface area (Å²) in [5.74, 6) is 0. The zero-order valence-corrected chi connectivity index (χ0v) is 70.1. The molecule has 12 aromatic rings. The first-order valence-corrected chi connectivity index (χ1v) is 39.8. The van der Waals surface area contributed by atoms with Crippen molar-refractivity contribution in [3.63, 3.8) is 0 Å². The van der Waals surface area contributed by atoms with Gasteiger partial charge in [-0.2, -0.15) is 48.5 Å². The van der Waals surface area contributed by atoms with Crippen molar-refractivity contribution in [2.24, 2.45) is 0 Å². The molecule has 12 aromatic carbocycles. The van der Waals surface area contributed by atoms with Gasteiger partial charge in [-0.05, 0) is 58.3 Å². The van der Waals surface area contributed by atoms with E-state index in [-0.39, 0.29) is 85.7 Å². The zero-order valence-electron chi connectivity index (χ0n) is 54.9. The van der Waals surface area contributed by atoms with Crippen molar-refractivity contribution in [3.05, 3.63) is 340 Å². The third kappa shape index (κ3) is 39.0. The van der Waals surface area contributed by atoms with E-state index < -0.39 is 46.2 Å². The number of alkyl halides is 4. The van der Waals surface area contributed by atoms with Gasteiger partial charge in [-0.25, -0.2) is 48.5 Å². The van der Waals surface area contributed by atoms with Gasteiger partial charge in [0, 0.05) is 26.2 Å². The molecule has 1 saturated heterocycles. The number of hydrogen-bond acceptors (Lipinski definition) is 4. The smallest absolute Gasteiger partial charge is 0.418 e. The molecule has 0 spiro atoms. The van der Waals surface area contributed by atoms with E-state index in [9.17, 15) is 34.5 Å². The summed E-state index contributed by atoms with van der Waals surface area (Å²) in [7, 11) is -13.6. The summed E-state index contributed by atoms with van der Waals surface area (Å²) in [5.41, 5.74) is 0. The Morgan fingerprint density at radius 1 is 0.337 bits per heavy atom. The number of thiocarbonyl (C=S) groups is 2. The van der Waals surface area contributed by atoms with Gasteiger partial charge < -0.3 is 94.0 Å². The Balaban J connectivity index is 0.000000614. The number of rotatable bonds is 12. The van der Waals surface area contributed by atoms with Gasteiger partial charge in [-0.3, -0.25) is 0 Å². The van der Waals surface area contributed by atoms with Crippen LogP contribution in [0.3, 0.4) is 0 Å². The van der Waals surface area contributed by atoms with Crippen LogP contribution in [0.2, 0.25) is 0 Å². The first-order valence-electron chi connectivity index (χ1n) is 30.6. The summed E-state index contributed by atoms with van der Waals surface area (Å²) in [6.45, 7) is 3.39. The van der Waals surface area contributed by atoms with Gasteiger partial charge >= 0.3 is 89.5 Å². The van der Waals surface area contributed by atoms with Crippen molar-refractivity contribution in [1.29, 1.82) is 0 Å². The van der Waals surface area contributed by atoms with Crippen LogP contribution in [0.5, 0.6) is 0 Å². The molecule has 0 aliphatic carbocycles. The van der Waals surface area contributed by atoms with Crippen molar-refractivity contribution >= 4 is 215 Å². The number of hydrogen-bond donors (Lipinski definition) is 0. The molecule has 1 fully saturated rings. The average molecular weight is 1900 g/mol. The largest absolute Gasteiger partial charge is 2.00 e. The Hall–Kier alpha value is -3.81. The molecule has 0 saturated carbocycles. The molecule has 0 N–H and O–H groups in total. The van der Waals surface area contributed by atoms with Crippen LogP contribution in [0.25, 0.3) is 0 Å². The fourth-order valence-electron chi connectivity index (χ4n) is 9.53. The van der Waals surface area contributed by atoms with Crippen molar-refractivity contribution in [3.8, 4) is 0 Å². The van der Waals surface area contributed by atoms with Crippen LogP contribution in [-0.2, 0) is 100 Å². The van der Waals surface area contributed by atoms with Crippen molar-refractivity contribution < 1.29 is 110 Å². The van der Waals surface area contributed by atoms with Crippen molar-refractivity contribution in [2.75, 3.05) is 36.9 Å². The van der Waals surface area contributed by atoms with E-state index in [2.05, 4.69) is 340 Å². The van der Waals surface area contributed by atoms with Gasteiger partial charge in [-0.15, -0.1) is 67.6 Å². The summed E-state index contributed by atoms with van der Waals surface area (Å²) in [6, 6.07) is 121. The van der Waals surface area contributed by atoms with Crippen molar-refractivity contribution in [1.82, 2.24) is 9.80 Å². The minimum Gasteiger partial charge on any atom is -0.418 e. The van der Waals surface area contributed by atoms with E-state index in [1.54, 1.807) is 0 Å². The Labute approximate surface area is 703 Å². The van der Waals surface area contributed by atoms with Gasteiger partial charge in [0.1, 0.15) is 0 Å². The van der Waals surface area contributed by atoms with Gasteiger partial charge in [0.15, 0.2) is 0 Å². The van der Waals surface area contributed by atoms with Crippen LogP contribution >= 0.6 is 103 Å². The second-order valence-corrected chi connectivity index (χ2v) is 32.9. The van der Waals surface area contributed by atoms with Crippen LogP contribution in [0.15, 0.2) is 340 Å². The summed E-state index contributed by atoms with van der Waals surface area (Å²) < 4.78 is 79.1. The molecule has 0 bridgehead atoms. The third-order valence-electron chi connectivity index (χ3n) is 13.5. The van der Waals surface area contributed by atoms with E-state index in [0.717, 1.165) is 26.2 Å². The van der Waals surface area contributed by atoms with Gasteiger partial charge in [0.05, 0.1) is 10.7 Å². The quantitative estimate of drug-likeness (QED) is 0.0227. The molecule has 0 amide bonds. The molecule has 13 rings (SSSR count). The SMILES string of the molecule is ClCCl.ClCCl.F[B-](F)(F)F.F[B-](F)(F)F.S=C([S-])N1CCN(C(=S)[S-])CC1.[Fe+2].[Fe+2].[Pd+2].[Pd+2].c1ccc(P(c2ccccc2)[c-]2cccc2)cc1.c1ccc(P(c2ccccc2)[c-]2cccc2)cc1.c1ccc(P(c2ccccc2)c2ccc[cH-]2)cc1.c1ccc(P(c2ccccc2)c2ccc[cH-]2)cc1. The topological polar surface area (TPSA) is 6.48 Å². The first-order chi connectivity index (χ1) is 48.2. The number of nitrogens with zero attached hydrogens (tertiary/aromatic N) is 2. The maximum atomic E-state index is 9.75. The van der Waals surface area contributed by atoms with Gasteiger partial charge in [0.2, 0.25) is 0 Å². The van der Waals surface area contributed by atoms with Crippen LogP contribution in [-0.4, -0.2) is 69.8 Å². The Morgan fingerprint density at radius 2 is 0.510 bits per heavy atom. The third-order valence-corrected chi connectivity index (χ3v) is 24.3. The number of halogens is 12. The summed E-state index contributed by atoms with van der Waals surface area (Å²) >= 11 is 38.6. The van der Waals surface area contributed by atoms with E-state index in [4.69, 9.17) is 96.1 Å². The zero-order chi connectivity index (χ0) is 72.4. The number of piperazine rings is 1. The molecule has 552 valence electrons. The molecule has 1 heterocycles. The first kappa shape index (κ1) is 98.2. The summed E-state index contributed by atoms with van der Waals surface area (Å²) in [4.78, 5) is 3.99. The Morgan fingerprint density at radius 3 is 0.663 bits per heavy atom. The van der Waals surface area contributed by atoms with Crippen LogP contribution in [0.1, 0.15) is 0 Å². The molecule has 1 aliphatic rings. The number of benzene rings is 8. The maximum absolute atomic E-state index is 9.75. The molecule has 1 aliphatic heterocycles. The van der Waals surface area contributed by atoms with Crippen LogP contribution in [0.4, 0.5) is 34.5 Å². The minimum atomic E-state index is -6.00. The minimum absolute atomic E-state index is 0. The summed E-state index contributed by atoms with van der Waals surface area (Å²) in [5, 5.41) is 17.3. The molecule has 104 heavy (non-hydrogen) atoms. The predicted octanol–water partition coefficient (Wildman–Crippen LogP) is 18.4. The normalized spacial score (nSPS) is 11.0. The molecule has 2 nitrogen and oxygen atoms in total. The van der Waals surface area contributed by atoms with Crippen molar-refractivity contribution in [2.45, 2.75) is 0 Å². The standard InChI is InChI=1S/4C17H14P.C6H10N2S4.2CH2Cl2.2BF4.2Fe.2Pd/c4*1-3-9-15(10-4-1)18(17-13-7-8-14-17)16-11-5-2-6-12-16;9-5(10)7-1-2-8(4-3-7)6(11)12;2*2-1-3;2*2-1(3,4)5;;;;/h4*1-14H;1-4H2,(H,9,10)(H,11,12);2*1H2;;;;;;/q4*-1;;;;2*-1;4*+2/p-2. The molecular weight excluding hydrogens is 1830 g/mol. The fourth-order valence-corrected chi connectivity index (χ4v) is 19.5. The molecule has 0 aromatic heterocycles. The second-order valence-electron chi connectivity index (χ2n) is 20.3. The van der Waals surface area contributed by atoms with Gasteiger partial charge in [0.25, 0.3) is 0 Å². The maximum Gasteiger partial charge on any atom is 2.00 e. The molecule has 0 radical (unpaired) electrons. The molecule has 0 unspecified atom stereocenters.